The van der Waals surface area contributed by atoms with E-state index in [4.69, 9.17) is 4.74 Å². The molecule has 1 aliphatic heterocycles. The molecule has 0 aromatic heterocycles. The second-order valence-corrected chi connectivity index (χ2v) is 6.22. The van der Waals surface area contributed by atoms with Crippen LogP contribution in [0.5, 0.6) is 0 Å². The molecule has 1 saturated heterocycles. The van der Waals surface area contributed by atoms with Gasteiger partial charge in [-0.05, 0) is 30.7 Å². The molecule has 1 unspecified atom stereocenters. The molecule has 0 aliphatic carbocycles. The lowest BCUT2D eigenvalue weighted by Crippen LogP contribution is -2.29. The van der Waals surface area contributed by atoms with Crippen molar-refractivity contribution < 1.29 is 19.1 Å². The number of rotatable bonds is 4. The van der Waals surface area contributed by atoms with Crippen molar-refractivity contribution in [3.8, 4) is 0 Å². The molecule has 2 amide bonds. The molecule has 0 saturated carbocycles. The third-order valence-corrected chi connectivity index (χ3v) is 4.49. The Balaban J connectivity index is 1.76. The number of nitrogens with one attached hydrogen (secondary N) is 1. The van der Waals surface area contributed by atoms with E-state index in [-0.39, 0.29) is 23.8 Å². The van der Waals surface area contributed by atoms with E-state index >= 15 is 0 Å². The first-order valence-electron chi connectivity index (χ1n) is 8.35. The van der Waals surface area contributed by atoms with Crippen LogP contribution in [-0.4, -0.2) is 31.4 Å². The lowest BCUT2D eigenvalue weighted by atomic mass is 10.1. The third-order valence-electron chi connectivity index (χ3n) is 4.49. The summed E-state index contributed by atoms with van der Waals surface area (Å²) >= 11 is 0. The van der Waals surface area contributed by atoms with E-state index in [0.717, 1.165) is 11.3 Å². The Morgan fingerprint density at radius 2 is 1.81 bits per heavy atom. The number of hydrogen-bond acceptors (Lipinski definition) is 4. The van der Waals surface area contributed by atoms with Gasteiger partial charge in [0, 0.05) is 18.7 Å². The molecule has 0 radical (unpaired) electrons. The number of methoxy groups -OCH3 is 1. The van der Waals surface area contributed by atoms with Gasteiger partial charge in [0.05, 0.1) is 24.3 Å². The maximum atomic E-state index is 12.6. The van der Waals surface area contributed by atoms with Crippen LogP contribution in [0, 0.1) is 12.8 Å². The van der Waals surface area contributed by atoms with Crippen LogP contribution < -0.4 is 10.2 Å². The number of carbonyl (C=O) groups excluding carboxylic acids is 3. The average Bonchev–Trinajstić information content (AvgIpc) is 3.03. The second kappa shape index (κ2) is 7.39. The van der Waals surface area contributed by atoms with Crippen molar-refractivity contribution in [1.29, 1.82) is 0 Å². The molecule has 3 rings (SSSR count). The monoisotopic (exact) mass is 352 g/mol. The molecule has 1 atom stereocenters. The van der Waals surface area contributed by atoms with Crippen molar-refractivity contribution in [3.05, 3.63) is 59.7 Å². The van der Waals surface area contributed by atoms with Gasteiger partial charge in [0.25, 0.3) is 0 Å². The summed E-state index contributed by atoms with van der Waals surface area (Å²) in [4.78, 5) is 38.5. The van der Waals surface area contributed by atoms with Crippen LogP contribution in [-0.2, 0) is 14.3 Å². The predicted octanol–water partition coefficient (Wildman–Crippen LogP) is 2.77. The third kappa shape index (κ3) is 3.44. The topological polar surface area (TPSA) is 75.7 Å². The Hall–Kier alpha value is -3.15. The van der Waals surface area contributed by atoms with Crippen molar-refractivity contribution in [2.45, 2.75) is 13.3 Å². The van der Waals surface area contributed by atoms with Gasteiger partial charge in [-0.15, -0.1) is 0 Å². The first kappa shape index (κ1) is 17.7. The van der Waals surface area contributed by atoms with Gasteiger partial charge >= 0.3 is 5.97 Å². The normalized spacial score (nSPS) is 16.5. The van der Waals surface area contributed by atoms with Crippen molar-refractivity contribution in [2.24, 2.45) is 5.92 Å². The quantitative estimate of drug-likeness (QED) is 0.859. The summed E-state index contributed by atoms with van der Waals surface area (Å²) < 4.78 is 4.74. The van der Waals surface area contributed by atoms with Crippen molar-refractivity contribution in [1.82, 2.24) is 0 Å². The average molecular weight is 352 g/mol. The highest BCUT2D eigenvalue weighted by atomic mass is 16.5. The Morgan fingerprint density at radius 3 is 2.54 bits per heavy atom. The zero-order valence-corrected chi connectivity index (χ0v) is 14.7. The molecule has 1 aliphatic rings. The van der Waals surface area contributed by atoms with E-state index in [1.54, 1.807) is 29.2 Å². The van der Waals surface area contributed by atoms with Gasteiger partial charge in [-0.2, -0.15) is 0 Å². The molecular weight excluding hydrogens is 332 g/mol. The SMILES string of the molecule is COC(=O)c1ccccc1NC(=O)C1CC(=O)N(c2ccccc2C)C1. The second-order valence-electron chi connectivity index (χ2n) is 6.22. The number of amides is 2. The van der Waals surface area contributed by atoms with Gasteiger partial charge in [-0.1, -0.05) is 30.3 Å². The number of para-hydroxylation sites is 2. The molecule has 26 heavy (non-hydrogen) atoms. The number of carbonyl (C=O) groups is 3. The Morgan fingerprint density at radius 1 is 1.12 bits per heavy atom. The van der Waals surface area contributed by atoms with Gasteiger partial charge in [0.15, 0.2) is 0 Å². The number of benzene rings is 2. The lowest BCUT2D eigenvalue weighted by Gasteiger charge is -2.19. The summed E-state index contributed by atoms with van der Waals surface area (Å²) in [6.07, 6.45) is 0.139. The van der Waals surface area contributed by atoms with E-state index in [2.05, 4.69) is 5.32 Å². The zero-order chi connectivity index (χ0) is 18.7. The highest BCUT2D eigenvalue weighted by Crippen LogP contribution is 2.28. The Bertz CT molecular complexity index is 862. The fraction of sp³-hybridized carbons (Fsp3) is 0.250. The van der Waals surface area contributed by atoms with E-state index in [1.807, 2.05) is 31.2 Å². The zero-order valence-electron chi connectivity index (χ0n) is 14.7. The summed E-state index contributed by atoms with van der Waals surface area (Å²) in [5.41, 5.74) is 2.47. The fourth-order valence-electron chi connectivity index (χ4n) is 3.10. The molecule has 0 spiro atoms. The summed E-state index contributed by atoms with van der Waals surface area (Å²) in [5, 5.41) is 2.76. The van der Waals surface area contributed by atoms with Crippen LogP contribution in [0.25, 0.3) is 0 Å². The standard InChI is InChI=1S/C20H20N2O4/c1-13-7-3-6-10-17(13)22-12-14(11-18(22)23)19(24)21-16-9-5-4-8-15(16)20(25)26-2/h3-10,14H,11-12H2,1-2H3,(H,21,24). The number of nitrogens with zero attached hydrogens (tertiary/aromatic N) is 1. The van der Waals surface area contributed by atoms with Gasteiger partial charge < -0.3 is 15.0 Å². The summed E-state index contributed by atoms with van der Waals surface area (Å²) in [6.45, 7) is 2.25. The van der Waals surface area contributed by atoms with Gasteiger partial charge in [-0.25, -0.2) is 4.79 Å². The maximum Gasteiger partial charge on any atom is 0.339 e. The number of hydrogen-bond donors (Lipinski definition) is 1. The smallest absolute Gasteiger partial charge is 0.339 e. The van der Waals surface area contributed by atoms with Crippen LogP contribution in [0.15, 0.2) is 48.5 Å². The molecule has 2 aromatic rings. The maximum absolute atomic E-state index is 12.6. The minimum Gasteiger partial charge on any atom is -0.465 e. The first-order valence-corrected chi connectivity index (χ1v) is 8.35. The van der Waals surface area contributed by atoms with E-state index in [9.17, 15) is 14.4 Å². The van der Waals surface area contributed by atoms with E-state index < -0.39 is 11.9 Å². The molecule has 1 fully saturated rings. The molecule has 2 aromatic carbocycles. The molecular formula is C20H20N2O4. The minimum atomic E-state index is -0.523. The molecule has 0 bridgehead atoms. The molecule has 134 valence electrons. The molecule has 6 nitrogen and oxygen atoms in total. The van der Waals surface area contributed by atoms with E-state index in [1.165, 1.54) is 7.11 Å². The lowest BCUT2D eigenvalue weighted by molar-refractivity contribution is -0.122. The van der Waals surface area contributed by atoms with Crippen LogP contribution >= 0.6 is 0 Å². The minimum absolute atomic E-state index is 0.0827. The first-order chi connectivity index (χ1) is 12.5. The van der Waals surface area contributed by atoms with Gasteiger partial charge in [0.2, 0.25) is 11.8 Å². The highest BCUT2D eigenvalue weighted by molar-refractivity contribution is 6.06. The Kier molecular flexibility index (Phi) is 5.02. The fourth-order valence-corrected chi connectivity index (χ4v) is 3.10. The van der Waals surface area contributed by atoms with Crippen LogP contribution in [0.2, 0.25) is 0 Å². The molecule has 1 N–H and O–H groups in total. The number of aryl methyl sites for hydroxylation is 1. The molecule has 6 heteroatoms. The summed E-state index contributed by atoms with van der Waals surface area (Å²) in [7, 11) is 1.29. The van der Waals surface area contributed by atoms with Crippen molar-refractivity contribution in [3.63, 3.8) is 0 Å². The van der Waals surface area contributed by atoms with Gasteiger partial charge in [0.1, 0.15) is 0 Å². The van der Waals surface area contributed by atoms with Crippen LogP contribution in [0.3, 0.4) is 0 Å². The number of esters is 1. The summed E-state index contributed by atoms with van der Waals surface area (Å²) in [6, 6.07) is 14.2. The van der Waals surface area contributed by atoms with E-state index in [0.29, 0.717) is 12.2 Å². The van der Waals surface area contributed by atoms with Crippen LogP contribution in [0.1, 0.15) is 22.3 Å². The largest absolute Gasteiger partial charge is 0.465 e. The predicted molar refractivity (Wildman–Crippen MR) is 98.1 cm³/mol. The van der Waals surface area contributed by atoms with Gasteiger partial charge in [-0.3, -0.25) is 9.59 Å². The summed E-state index contributed by atoms with van der Waals surface area (Å²) in [5.74, 6) is -1.37. The van der Waals surface area contributed by atoms with Crippen molar-refractivity contribution >= 4 is 29.2 Å². The van der Waals surface area contributed by atoms with Crippen molar-refractivity contribution in [2.75, 3.05) is 23.9 Å². The molecule has 1 heterocycles. The van der Waals surface area contributed by atoms with Crippen LogP contribution in [0.4, 0.5) is 11.4 Å². The Labute approximate surface area is 151 Å². The number of ether oxygens (including phenoxy) is 1. The number of anilines is 2. The highest BCUT2D eigenvalue weighted by Gasteiger charge is 2.35.